The van der Waals surface area contributed by atoms with Crippen molar-refractivity contribution >= 4 is 5.82 Å². The summed E-state index contributed by atoms with van der Waals surface area (Å²) in [5, 5.41) is 2.79. The van der Waals surface area contributed by atoms with Gasteiger partial charge in [0.2, 0.25) is 0 Å². The molecule has 0 unspecified atom stereocenters. The number of pyridine rings is 1. The highest BCUT2D eigenvalue weighted by Gasteiger charge is 2.33. The van der Waals surface area contributed by atoms with Crippen molar-refractivity contribution in [3.05, 3.63) is 23.9 Å². The Kier molecular flexibility index (Phi) is 4.63. The van der Waals surface area contributed by atoms with Gasteiger partial charge in [0.05, 0.1) is 5.56 Å². The number of likely N-dealkylation sites (tertiary alicyclic amines) is 1. The number of alkyl halides is 3. The molecule has 1 fully saturated rings. The normalized spacial score (nSPS) is 16.8. The molecular weight excluding hydrogens is 255 g/mol. The third kappa shape index (κ3) is 4.09. The molecule has 0 radical (unpaired) electrons. The minimum atomic E-state index is -4.36. The lowest BCUT2D eigenvalue weighted by atomic mass is 10.2. The molecule has 0 amide bonds. The number of hydrogen-bond donors (Lipinski definition) is 1. The van der Waals surface area contributed by atoms with Crippen molar-refractivity contribution in [2.75, 3.05) is 31.5 Å². The average molecular weight is 273 g/mol. The van der Waals surface area contributed by atoms with Crippen LogP contribution in [0.15, 0.2) is 18.3 Å². The van der Waals surface area contributed by atoms with Gasteiger partial charge in [0, 0.05) is 12.7 Å². The molecule has 19 heavy (non-hydrogen) atoms. The highest BCUT2D eigenvalue weighted by atomic mass is 19.4. The Morgan fingerprint density at radius 3 is 2.68 bits per heavy atom. The van der Waals surface area contributed by atoms with Crippen molar-refractivity contribution in [3.8, 4) is 0 Å². The molecule has 106 valence electrons. The molecule has 1 saturated heterocycles. The minimum Gasteiger partial charge on any atom is -0.370 e. The SMILES string of the molecule is FC(F)(F)c1cccnc1NCCCN1CCCC1. The van der Waals surface area contributed by atoms with Crippen molar-refractivity contribution < 1.29 is 13.2 Å². The van der Waals surface area contributed by atoms with Crippen LogP contribution >= 0.6 is 0 Å². The number of nitrogens with zero attached hydrogens (tertiary/aromatic N) is 2. The van der Waals surface area contributed by atoms with Gasteiger partial charge in [0.1, 0.15) is 5.82 Å². The van der Waals surface area contributed by atoms with E-state index in [0.29, 0.717) is 6.54 Å². The number of rotatable bonds is 5. The fourth-order valence-electron chi connectivity index (χ4n) is 2.29. The quantitative estimate of drug-likeness (QED) is 0.836. The van der Waals surface area contributed by atoms with Gasteiger partial charge in [-0.25, -0.2) is 4.98 Å². The van der Waals surface area contributed by atoms with Crippen molar-refractivity contribution in [1.82, 2.24) is 9.88 Å². The topological polar surface area (TPSA) is 28.2 Å². The van der Waals surface area contributed by atoms with Crippen molar-refractivity contribution in [2.24, 2.45) is 0 Å². The molecule has 2 rings (SSSR count). The Bertz CT molecular complexity index is 400. The number of hydrogen-bond acceptors (Lipinski definition) is 3. The minimum absolute atomic E-state index is 0.0728. The molecule has 0 atom stereocenters. The zero-order valence-corrected chi connectivity index (χ0v) is 10.7. The Labute approximate surface area is 110 Å². The van der Waals surface area contributed by atoms with Gasteiger partial charge in [-0.3, -0.25) is 0 Å². The molecule has 1 aliphatic rings. The van der Waals surface area contributed by atoms with Crippen molar-refractivity contribution in [3.63, 3.8) is 0 Å². The second-order valence-corrected chi connectivity index (χ2v) is 4.73. The van der Waals surface area contributed by atoms with E-state index in [1.165, 1.54) is 25.1 Å². The van der Waals surface area contributed by atoms with Gasteiger partial charge < -0.3 is 10.2 Å². The summed E-state index contributed by atoms with van der Waals surface area (Å²) in [6.45, 7) is 3.66. The first-order chi connectivity index (χ1) is 9.07. The fraction of sp³-hybridized carbons (Fsp3) is 0.615. The van der Waals surface area contributed by atoms with Crippen LogP contribution in [0.4, 0.5) is 19.0 Å². The molecule has 1 aromatic rings. The maximum atomic E-state index is 12.7. The standard InChI is InChI=1S/C13H18F3N3/c14-13(15,16)11-5-3-6-17-12(11)18-7-4-10-19-8-1-2-9-19/h3,5-6H,1-2,4,7-10H2,(H,17,18). The van der Waals surface area contributed by atoms with Crippen molar-refractivity contribution in [2.45, 2.75) is 25.4 Å². The molecule has 1 aromatic heterocycles. The predicted molar refractivity (Wildman–Crippen MR) is 68.0 cm³/mol. The lowest BCUT2D eigenvalue weighted by Gasteiger charge is -2.16. The lowest BCUT2D eigenvalue weighted by molar-refractivity contribution is -0.137. The zero-order chi connectivity index (χ0) is 13.7. The molecule has 1 aliphatic heterocycles. The van der Waals surface area contributed by atoms with Crippen LogP contribution in [0, 0.1) is 0 Å². The maximum absolute atomic E-state index is 12.7. The molecule has 1 N–H and O–H groups in total. The van der Waals surface area contributed by atoms with E-state index in [2.05, 4.69) is 15.2 Å². The van der Waals surface area contributed by atoms with E-state index in [4.69, 9.17) is 0 Å². The Balaban J connectivity index is 1.82. The third-order valence-corrected chi connectivity index (χ3v) is 3.26. The number of anilines is 1. The summed E-state index contributed by atoms with van der Waals surface area (Å²) >= 11 is 0. The van der Waals surface area contributed by atoms with E-state index in [1.807, 2.05) is 0 Å². The summed E-state index contributed by atoms with van der Waals surface area (Å²) in [6, 6.07) is 2.36. The number of aromatic nitrogens is 1. The fourth-order valence-corrected chi connectivity index (χ4v) is 2.29. The highest BCUT2D eigenvalue weighted by molar-refractivity contribution is 5.45. The molecule has 6 heteroatoms. The number of nitrogens with one attached hydrogen (secondary N) is 1. The predicted octanol–water partition coefficient (Wildman–Crippen LogP) is 3.00. The third-order valence-electron chi connectivity index (χ3n) is 3.26. The summed E-state index contributed by atoms with van der Waals surface area (Å²) < 4.78 is 38.1. The first-order valence-electron chi connectivity index (χ1n) is 6.56. The van der Waals surface area contributed by atoms with Crippen LogP contribution in [-0.4, -0.2) is 36.1 Å². The molecule has 0 bridgehead atoms. The molecule has 3 nitrogen and oxygen atoms in total. The van der Waals surface area contributed by atoms with Gasteiger partial charge in [0.25, 0.3) is 0 Å². The smallest absolute Gasteiger partial charge is 0.370 e. The summed E-state index contributed by atoms with van der Waals surface area (Å²) in [5.41, 5.74) is -0.698. The van der Waals surface area contributed by atoms with E-state index in [1.54, 1.807) is 0 Å². The van der Waals surface area contributed by atoms with Gasteiger partial charge in [-0.1, -0.05) is 0 Å². The highest BCUT2D eigenvalue weighted by Crippen LogP contribution is 2.33. The van der Waals surface area contributed by atoms with Gasteiger partial charge >= 0.3 is 6.18 Å². The first-order valence-corrected chi connectivity index (χ1v) is 6.56. The molecule has 0 spiro atoms. The molecular formula is C13H18F3N3. The number of halogens is 3. The van der Waals surface area contributed by atoms with Crippen LogP contribution in [0.25, 0.3) is 0 Å². The Hall–Kier alpha value is -1.30. The van der Waals surface area contributed by atoms with Crippen LogP contribution in [0.5, 0.6) is 0 Å². The Morgan fingerprint density at radius 2 is 2.00 bits per heavy atom. The second kappa shape index (κ2) is 6.23. The molecule has 2 heterocycles. The van der Waals surface area contributed by atoms with Gasteiger partial charge in [-0.15, -0.1) is 0 Å². The van der Waals surface area contributed by atoms with Crippen LogP contribution in [0.1, 0.15) is 24.8 Å². The molecule has 0 saturated carbocycles. The van der Waals surface area contributed by atoms with Gasteiger partial charge in [0.15, 0.2) is 0 Å². The van der Waals surface area contributed by atoms with E-state index in [0.717, 1.165) is 32.1 Å². The monoisotopic (exact) mass is 273 g/mol. The van der Waals surface area contributed by atoms with E-state index in [-0.39, 0.29) is 5.82 Å². The van der Waals surface area contributed by atoms with E-state index >= 15 is 0 Å². The Morgan fingerprint density at radius 1 is 1.26 bits per heavy atom. The molecule has 0 aliphatic carbocycles. The van der Waals surface area contributed by atoms with Crippen molar-refractivity contribution in [1.29, 1.82) is 0 Å². The summed E-state index contributed by atoms with van der Waals surface area (Å²) in [4.78, 5) is 6.11. The average Bonchev–Trinajstić information content (AvgIpc) is 2.87. The van der Waals surface area contributed by atoms with Crippen LogP contribution < -0.4 is 5.32 Å². The van der Waals surface area contributed by atoms with Crippen LogP contribution in [0.2, 0.25) is 0 Å². The van der Waals surface area contributed by atoms with Crippen LogP contribution in [0.3, 0.4) is 0 Å². The summed E-state index contributed by atoms with van der Waals surface area (Å²) in [7, 11) is 0. The van der Waals surface area contributed by atoms with Gasteiger partial charge in [-0.05, 0) is 51.0 Å². The van der Waals surface area contributed by atoms with E-state index in [9.17, 15) is 13.2 Å². The maximum Gasteiger partial charge on any atom is 0.419 e. The summed E-state index contributed by atoms with van der Waals surface area (Å²) in [6.07, 6.45) is 0.301. The first kappa shape index (κ1) is 14.1. The summed E-state index contributed by atoms with van der Waals surface area (Å²) in [5.74, 6) is -0.0728. The zero-order valence-electron chi connectivity index (χ0n) is 10.7. The largest absolute Gasteiger partial charge is 0.419 e. The van der Waals surface area contributed by atoms with Gasteiger partial charge in [-0.2, -0.15) is 13.2 Å². The molecule has 0 aromatic carbocycles. The van der Waals surface area contributed by atoms with Crippen LogP contribution in [-0.2, 0) is 6.18 Å². The van der Waals surface area contributed by atoms with E-state index < -0.39 is 11.7 Å². The second-order valence-electron chi connectivity index (χ2n) is 4.73. The lowest BCUT2D eigenvalue weighted by Crippen LogP contribution is -2.23.